The molecule has 0 unspecified atom stereocenters. The quantitative estimate of drug-likeness (QED) is 0.659. The molecule has 0 radical (unpaired) electrons. The number of rotatable bonds is 7. The molecule has 1 amide bonds. The summed E-state index contributed by atoms with van der Waals surface area (Å²) in [6.45, 7) is 1.26. The highest BCUT2D eigenvalue weighted by Crippen LogP contribution is 2.31. The van der Waals surface area contributed by atoms with E-state index in [4.69, 9.17) is 9.15 Å². The molecule has 2 aromatic heterocycles. The highest BCUT2D eigenvalue weighted by molar-refractivity contribution is 6.02. The van der Waals surface area contributed by atoms with Gasteiger partial charge < -0.3 is 19.2 Å². The van der Waals surface area contributed by atoms with Crippen LogP contribution in [-0.4, -0.2) is 29.4 Å². The Labute approximate surface area is 159 Å². The van der Waals surface area contributed by atoms with Crippen molar-refractivity contribution < 1.29 is 27.5 Å². The first kappa shape index (κ1) is 19.4. The van der Waals surface area contributed by atoms with Crippen LogP contribution in [-0.2, 0) is 6.54 Å². The fourth-order valence-corrected chi connectivity index (χ4v) is 2.70. The number of halogens is 2. The lowest BCUT2D eigenvalue weighted by Gasteiger charge is -2.11. The van der Waals surface area contributed by atoms with Gasteiger partial charge in [0.2, 0.25) is 0 Å². The van der Waals surface area contributed by atoms with E-state index in [0.717, 1.165) is 11.4 Å². The minimum Gasteiger partial charge on any atom is -0.493 e. The van der Waals surface area contributed by atoms with E-state index in [1.165, 1.54) is 25.3 Å². The first-order valence-electron chi connectivity index (χ1n) is 8.39. The van der Waals surface area contributed by atoms with Crippen molar-refractivity contribution in [2.24, 2.45) is 0 Å². The fourth-order valence-electron chi connectivity index (χ4n) is 2.70. The van der Waals surface area contributed by atoms with E-state index in [9.17, 15) is 13.6 Å². The Hall–Kier alpha value is -3.36. The maximum atomic E-state index is 12.4. The smallest absolute Gasteiger partial charge is 0.387 e. The number of carbonyl (C=O) groups excluding carboxylic acids is 1. The van der Waals surface area contributed by atoms with E-state index in [-0.39, 0.29) is 17.3 Å². The molecule has 28 heavy (non-hydrogen) atoms. The van der Waals surface area contributed by atoms with Crippen molar-refractivity contribution in [2.75, 3.05) is 12.4 Å². The lowest BCUT2D eigenvalue weighted by atomic mass is 10.2. The number of benzene rings is 1. The molecule has 2 heterocycles. The van der Waals surface area contributed by atoms with E-state index < -0.39 is 12.5 Å². The molecule has 0 saturated carbocycles. The number of methoxy groups -OCH3 is 1. The molecule has 0 atom stereocenters. The first-order valence-corrected chi connectivity index (χ1v) is 8.39. The fraction of sp³-hybridized carbons (Fsp3) is 0.263. The van der Waals surface area contributed by atoms with Crippen LogP contribution < -0.4 is 14.8 Å². The zero-order valence-electron chi connectivity index (χ0n) is 15.5. The van der Waals surface area contributed by atoms with Gasteiger partial charge in [-0.25, -0.2) is 0 Å². The monoisotopic (exact) mass is 391 g/mol. The molecule has 3 aromatic rings. The highest BCUT2D eigenvalue weighted by Gasteiger charge is 2.15. The molecule has 0 fully saturated rings. The average molecular weight is 391 g/mol. The molecular weight excluding hydrogens is 372 g/mol. The van der Waals surface area contributed by atoms with E-state index in [1.807, 2.05) is 19.9 Å². The number of carbonyl (C=O) groups is 1. The topological polar surface area (TPSA) is 78.5 Å². The van der Waals surface area contributed by atoms with Crippen molar-refractivity contribution in [3.8, 4) is 11.5 Å². The van der Waals surface area contributed by atoms with Gasteiger partial charge in [-0.15, -0.1) is 0 Å². The van der Waals surface area contributed by atoms with Crippen LogP contribution in [0.15, 0.2) is 40.8 Å². The van der Waals surface area contributed by atoms with Gasteiger partial charge in [-0.1, -0.05) is 0 Å². The van der Waals surface area contributed by atoms with Gasteiger partial charge in [0.1, 0.15) is 5.76 Å². The van der Waals surface area contributed by atoms with Crippen LogP contribution in [0.2, 0.25) is 0 Å². The summed E-state index contributed by atoms with van der Waals surface area (Å²) < 4.78 is 41.5. The third-order valence-electron chi connectivity index (χ3n) is 3.93. The molecule has 0 spiro atoms. The van der Waals surface area contributed by atoms with Gasteiger partial charge in [0.25, 0.3) is 5.91 Å². The van der Waals surface area contributed by atoms with Crippen molar-refractivity contribution in [3.05, 3.63) is 59.3 Å². The number of alkyl halides is 2. The zero-order valence-corrected chi connectivity index (χ0v) is 15.5. The second-order valence-electron chi connectivity index (χ2n) is 6.05. The van der Waals surface area contributed by atoms with E-state index in [2.05, 4.69) is 15.2 Å². The molecule has 1 N–H and O–H groups in total. The van der Waals surface area contributed by atoms with Gasteiger partial charge in [0.15, 0.2) is 17.3 Å². The summed E-state index contributed by atoms with van der Waals surface area (Å²) in [5, 5.41) is 6.98. The summed E-state index contributed by atoms with van der Waals surface area (Å²) in [7, 11) is 1.32. The molecule has 7 nitrogen and oxygen atoms in total. The molecule has 0 bridgehead atoms. The lowest BCUT2D eigenvalue weighted by molar-refractivity contribution is -0.0512. The van der Waals surface area contributed by atoms with E-state index >= 15 is 0 Å². The standard InChI is InChI=1S/C19H19F2N3O4/c1-11-8-12(2)24(23-11)10-14-5-7-16(27-14)18(25)22-13-4-6-15(28-19(20)21)17(9-13)26-3/h4-9,19H,10H2,1-3H3,(H,22,25). The number of anilines is 1. The SMILES string of the molecule is COc1cc(NC(=O)c2ccc(Cn3nc(C)cc3C)o2)ccc1OC(F)F. The maximum Gasteiger partial charge on any atom is 0.387 e. The third-order valence-corrected chi connectivity index (χ3v) is 3.93. The number of nitrogens with zero attached hydrogens (tertiary/aromatic N) is 2. The molecule has 148 valence electrons. The van der Waals surface area contributed by atoms with Crippen LogP contribution >= 0.6 is 0 Å². The summed E-state index contributed by atoms with van der Waals surface area (Å²) in [4.78, 5) is 12.4. The minimum absolute atomic E-state index is 0.0720. The van der Waals surface area contributed by atoms with Crippen LogP contribution in [0.3, 0.4) is 0 Å². The molecule has 0 aliphatic heterocycles. The number of hydrogen-bond donors (Lipinski definition) is 1. The van der Waals surface area contributed by atoms with Gasteiger partial charge in [0, 0.05) is 17.4 Å². The summed E-state index contributed by atoms with van der Waals surface area (Å²) in [5.74, 6) is 0.158. The molecule has 0 saturated heterocycles. The molecule has 0 aliphatic carbocycles. The summed E-state index contributed by atoms with van der Waals surface area (Å²) in [6.07, 6.45) is 0. The number of ether oxygens (including phenoxy) is 2. The van der Waals surface area contributed by atoms with Crippen LogP contribution in [0.5, 0.6) is 11.5 Å². The lowest BCUT2D eigenvalue weighted by Crippen LogP contribution is -2.11. The van der Waals surface area contributed by atoms with E-state index in [0.29, 0.717) is 18.0 Å². The number of amides is 1. The largest absolute Gasteiger partial charge is 0.493 e. The van der Waals surface area contributed by atoms with Crippen molar-refractivity contribution in [1.82, 2.24) is 9.78 Å². The van der Waals surface area contributed by atoms with Gasteiger partial charge in [0.05, 0.1) is 19.3 Å². The van der Waals surface area contributed by atoms with Gasteiger partial charge in [-0.3, -0.25) is 9.48 Å². The van der Waals surface area contributed by atoms with Crippen molar-refractivity contribution in [2.45, 2.75) is 27.0 Å². The number of hydrogen-bond acceptors (Lipinski definition) is 5. The Balaban J connectivity index is 1.70. The van der Waals surface area contributed by atoms with Crippen LogP contribution in [0.25, 0.3) is 0 Å². The predicted octanol–water partition coefficient (Wildman–Crippen LogP) is 4.00. The van der Waals surface area contributed by atoms with Crippen molar-refractivity contribution in [3.63, 3.8) is 0 Å². The third kappa shape index (κ3) is 4.48. The normalized spacial score (nSPS) is 10.9. The molecule has 1 aromatic carbocycles. The second-order valence-corrected chi connectivity index (χ2v) is 6.05. The number of furan rings is 1. The Morgan fingerprint density at radius 1 is 1.21 bits per heavy atom. The maximum absolute atomic E-state index is 12.4. The van der Waals surface area contributed by atoms with E-state index in [1.54, 1.807) is 16.8 Å². The zero-order chi connectivity index (χ0) is 20.3. The van der Waals surface area contributed by atoms with Crippen LogP contribution in [0, 0.1) is 13.8 Å². The molecular formula is C19H19F2N3O4. The van der Waals surface area contributed by atoms with Gasteiger partial charge in [-0.05, 0) is 44.2 Å². The number of aromatic nitrogens is 2. The Morgan fingerprint density at radius 2 is 2.00 bits per heavy atom. The van der Waals surface area contributed by atoms with Crippen LogP contribution in [0.4, 0.5) is 14.5 Å². The Kier molecular flexibility index (Phi) is 5.62. The first-order chi connectivity index (χ1) is 13.4. The minimum atomic E-state index is -2.97. The predicted molar refractivity (Wildman–Crippen MR) is 97.1 cm³/mol. The average Bonchev–Trinajstić information content (AvgIpc) is 3.22. The summed E-state index contributed by atoms with van der Waals surface area (Å²) in [6, 6.07) is 9.31. The second kappa shape index (κ2) is 8.12. The van der Waals surface area contributed by atoms with Crippen molar-refractivity contribution >= 4 is 11.6 Å². The number of aryl methyl sites for hydroxylation is 2. The summed E-state index contributed by atoms with van der Waals surface area (Å²) >= 11 is 0. The molecule has 3 rings (SSSR count). The Bertz CT molecular complexity index is 981. The molecule has 0 aliphatic rings. The van der Waals surface area contributed by atoms with Gasteiger partial charge >= 0.3 is 6.61 Å². The van der Waals surface area contributed by atoms with Crippen molar-refractivity contribution in [1.29, 1.82) is 0 Å². The Morgan fingerprint density at radius 3 is 2.64 bits per heavy atom. The highest BCUT2D eigenvalue weighted by atomic mass is 19.3. The van der Waals surface area contributed by atoms with Gasteiger partial charge in [-0.2, -0.15) is 13.9 Å². The molecule has 9 heteroatoms. The summed E-state index contributed by atoms with van der Waals surface area (Å²) in [5.41, 5.74) is 2.23. The number of nitrogens with one attached hydrogen (secondary N) is 1. The van der Waals surface area contributed by atoms with Crippen LogP contribution in [0.1, 0.15) is 27.7 Å².